The van der Waals surface area contributed by atoms with Crippen LogP contribution in [0, 0.1) is 17.8 Å². The lowest BCUT2D eigenvalue weighted by atomic mass is 9.74. The van der Waals surface area contributed by atoms with Crippen LogP contribution >= 0.6 is 23.2 Å². The zero-order chi connectivity index (χ0) is 29.6. The highest BCUT2D eigenvalue weighted by Crippen LogP contribution is 2.43. The molecule has 40 heavy (non-hydrogen) atoms. The van der Waals surface area contributed by atoms with Crippen LogP contribution in [-0.4, -0.2) is 63.7 Å². The molecule has 8 nitrogen and oxygen atoms in total. The SMILES string of the molecule is Cc1cc(Cl)c(C(=O)CN(CC2(C)COC2)C(=O)c2cnn(C3CCC(C)(C(=O)O)CC3)c2C(F)(F)F)c(Cl)c1. The third-order valence-electron chi connectivity index (χ3n) is 7.78. The van der Waals surface area contributed by atoms with Crippen molar-refractivity contribution in [3.05, 3.63) is 50.8 Å². The van der Waals surface area contributed by atoms with Crippen LogP contribution in [0.15, 0.2) is 18.3 Å². The zero-order valence-electron chi connectivity index (χ0n) is 22.3. The Balaban J connectivity index is 1.68. The number of halogens is 5. The van der Waals surface area contributed by atoms with E-state index in [0.717, 1.165) is 15.8 Å². The molecule has 0 radical (unpaired) electrons. The summed E-state index contributed by atoms with van der Waals surface area (Å²) in [6.45, 7) is 5.06. The van der Waals surface area contributed by atoms with Gasteiger partial charge in [-0.2, -0.15) is 18.3 Å². The maximum absolute atomic E-state index is 14.4. The number of aromatic nitrogens is 2. The molecule has 0 unspecified atom stereocenters. The predicted octanol–water partition coefficient (Wildman–Crippen LogP) is 6.08. The maximum Gasteiger partial charge on any atom is 0.433 e. The number of ether oxygens (including phenoxy) is 1. The second-order valence-corrected chi connectivity index (χ2v) is 12.3. The van der Waals surface area contributed by atoms with E-state index in [4.69, 9.17) is 27.9 Å². The van der Waals surface area contributed by atoms with Gasteiger partial charge in [-0.25, -0.2) is 0 Å². The first-order valence-corrected chi connectivity index (χ1v) is 13.5. The summed E-state index contributed by atoms with van der Waals surface area (Å²) < 4.78 is 49.4. The number of ketones is 1. The number of aryl methyl sites for hydroxylation is 1. The van der Waals surface area contributed by atoms with Crippen molar-refractivity contribution < 1.29 is 37.4 Å². The number of hydrogen-bond acceptors (Lipinski definition) is 5. The molecule has 2 aromatic rings. The molecule has 0 bridgehead atoms. The first kappa shape index (κ1) is 30.3. The van der Waals surface area contributed by atoms with Crippen LogP contribution < -0.4 is 0 Å². The average Bonchev–Trinajstić information content (AvgIpc) is 3.28. The number of carbonyl (C=O) groups excluding carboxylic acids is 2. The van der Waals surface area contributed by atoms with E-state index in [0.29, 0.717) is 5.56 Å². The van der Waals surface area contributed by atoms with Gasteiger partial charge < -0.3 is 14.7 Å². The minimum absolute atomic E-state index is 0.0165. The molecule has 1 saturated carbocycles. The van der Waals surface area contributed by atoms with E-state index in [1.807, 2.05) is 6.92 Å². The number of rotatable bonds is 8. The molecule has 4 rings (SSSR count). The fourth-order valence-electron chi connectivity index (χ4n) is 5.37. The van der Waals surface area contributed by atoms with E-state index in [1.54, 1.807) is 26.0 Å². The van der Waals surface area contributed by atoms with Gasteiger partial charge in [0.25, 0.3) is 5.91 Å². The van der Waals surface area contributed by atoms with E-state index in [-0.39, 0.29) is 61.1 Å². The summed E-state index contributed by atoms with van der Waals surface area (Å²) in [5.41, 5.74) is -2.80. The Morgan fingerprint density at radius 2 is 1.73 bits per heavy atom. The number of hydrogen-bond donors (Lipinski definition) is 1. The van der Waals surface area contributed by atoms with Gasteiger partial charge in [-0.3, -0.25) is 19.1 Å². The third kappa shape index (κ3) is 6.01. The standard InChI is InChI=1S/C27H30Cl2F3N3O5/c1-15-8-18(28)21(19(29)9-15)20(36)11-34(12-25(2)13-40-14-25)23(37)17-10-33-35(22(17)27(30,31)32)16-4-6-26(3,7-5-16)24(38)39/h8-10,16H,4-7,11-14H2,1-3H3,(H,38,39). The van der Waals surface area contributed by atoms with Crippen LogP contribution in [-0.2, 0) is 15.7 Å². The highest BCUT2D eigenvalue weighted by Gasteiger charge is 2.46. The number of carboxylic acids is 1. The van der Waals surface area contributed by atoms with E-state index in [9.17, 15) is 32.7 Å². The third-order valence-corrected chi connectivity index (χ3v) is 8.37. The fourth-order valence-corrected chi connectivity index (χ4v) is 6.17. The molecular formula is C27H30Cl2F3N3O5. The van der Waals surface area contributed by atoms with Crippen molar-refractivity contribution in [2.24, 2.45) is 10.8 Å². The Labute approximate surface area is 239 Å². The van der Waals surface area contributed by atoms with E-state index in [1.165, 1.54) is 0 Å². The van der Waals surface area contributed by atoms with Gasteiger partial charge in [-0.1, -0.05) is 30.1 Å². The maximum atomic E-state index is 14.4. The molecule has 0 spiro atoms. The highest BCUT2D eigenvalue weighted by atomic mass is 35.5. The normalized spacial score (nSPS) is 22.4. The smallest absolute Gasteiger partial charge is 0.433 e. The summed E-state index contributed by atoms with van der Waals surface area (Å²) in [5.74, 6) is -2.63. The van der Waals surface area contributed by atoms with Crippen molar-refractivity contribution in [1.29, 1.82) is 0 Å². The lowest BCUT2D eigenvalue weighted by Gasteiger charge is -2.41. The van der Waals surface area contributed by atoms with Crippen molar-refractivity contribution in [2.75, 3.05) is 26.3 Å². The van der Waals surface area contributed by atoms with Gasteiger partial charge in [0.15, 0.2) is 11.5 Å². The van der Waals surface area contributed by atoms with E-state index in [2.05, 4.69) is 5.10 Å². The Bertz CT molecular complexity index is 1310. The zero-order valence-corrected chi connectivity index (χ0v) is 23.8. The number of nitrogens with zero attached hydrogens (tertiary/aromatic N) is 3. The average molecular weight is 604 g/mol. The topological polar surface area (TPSA) is 102 Å². The number of carbonyl (C=O) groups is 3. The predicted molar refractivity (Wildman–Crippen MR) is 141 cm³/mol. The Hall–Kier alpha value is -2.63. The largest absolute Gasteiger partial charge is 0.481 e. The van der Waals surface area contributed by atoms with Crippen LogP contribution in [0.5, 0.6) is 0 Å². The van der Waals surface area contributed by atoms with Crippen LogP contribution in [0.25, 0.3) is 0 Å². The molecule has 0 atom stereocenters. The number of carboxylic acid groups (broad SMARTS) is 1. The Kier molecular flexibility index (Phi) is 8.33. The van der Waals surface area contributed by atoms with Crippen LogP contribution in [0.4, 0.5) is 13.2 Å². The van der Waals surface area contributed by atoms with Gasteiger partial charge in [0.05, 0.1) is 58.6 Å². The van der Waals surface area contributed by atoms with E-state index < -0.39 is 58.5 Å². The molecule has 2 aliphatic rings. The summed E-state index contributed by atoms with van der Waals surface area (Å²) in [4.78, 5) is 39.7. The molecule has 13 heteroatoms. The number of alkyl halides is 3. The van der Waals surface area contributed by atoms with Crippen molar-refractivity contribution in [2.45, 2.75) is 58.7 Å². The van der Waals surface area contributed by atoms with Crippen molar-refractivity contribution in [3.63, 3.8) is 0 Å². The second kappa shape index (κ2) is 11.0. The monoisotopic (exact) mass is 603 g/mol. The lowest BCUT2D eigenvalue weighted by molar-refractivity contribution is -0.152. The summed E-state index contributed by atoms with van der Waals surface area (Å²) >= 11 is 12.5. The van der Waals surface area contributed by atoms with Crippen molar-refractivity contribution in [3.8, 4) is 0 Å². The molecule has 2 fully saturated rings. The first-order chi connectivity index (χ1) is 18.5. The van der Waals surface area contributed by atoms with Crippen LogP contribution in [0.3, 0.4) is 0 Å². The molecule has 1 N–H and O–H groups in total. The molecule has 1 aromatic heterocycles. The Morgan fingerprint density at radius 1 is 1.15 bits per heavy atom. The molecule has 1 aromatic carbocycles. The molecule has 218 valence electrons. The quantitative estimate of drug-likeness (QED) is 0.367. The molecule has 1 aliphatic carbocycles. The summed E-state index contributed by atoms with van der Waals surface area (Å²) in [7, 11) is 0. The number of amides is 1. The van der Waals surface area contributed by atoms with Gasteiger partial charge in [-0.05, 0) is 57.2 Å². The summed E-state index contributed by atoms with van der Waals surface area (Å²) in [6.07, 6.45) is -3.40. The van der Waals surface area contributed by atoms with Gasteiger partial charge in [0.2, 0.25) is 0 Å². The molecular weight excluding hydrogens is 574 g/mol. The number of aliphatic carboxylic acids is 1. The van der Waals surface area contributed by atoms with Crippen molar-refractivity contribution >= 4 is 40.9 Å². The number of Topliss-reactive ketones (excluding diaryl/α,β-unsaturated/α-hetero) is 1. The molecule has 1 aliphatic heterocycles. The van der Waals surface area contributed by atoms with Gasteiger partial charge >= 0.3 is 12.1 Å². The highest BCUT2D eigenvalue weighted by molar-refractivity contribution is 6.40. The van der Waals surface area contributed by atoms with Gasteiger partial charge in [-0.15, -0.1) is 0 Å². The Morgan fingerprint density at radius 3 is 2.20 bits per heavy atom. The summed E-state index contributed by atoms with van der Waals surface area (Å²) in [6, 6.07) is 2.35. The van der Waals surface area contributed by atoms with Crippen LogP contribution in [0.1, 0.15) is 77.5 Å². The van der Waals surface area contributed by atoms with Crippen molar-refractivity contribution in [1.82, 2.24) is 14.7 Å². The fraction of sp³-hybridized carbons (Fsp3) is 0.556. The second-order valence-electron chi connectivity index (χ2n) is 11.4. The van der Waals surface area contributed by atoms with Gasteiger partial charge in [0, 0.05) is 12.0 Å². The molecule has 2 heterocycles. The molecule has 1 amide bonds. The minimum atomic E-state index is -4.93. The summed E-state index contributed by atoms with van der Waals surface area (Å²) in [5, 5.41) is 13.6. The lowest BCUT2D eigenvalue weighted by Crippen LogP contribution is -2.51. The van der Waals surface area contributed by atoms with Crippen LogP contribution in [0.2, 0.25) is 10.0 Å². The minimum Gasteiger partial charge on any atom is -0.481 e. The van der Waals surface area contributed by atoms with Gasteiger partial charge in [0.1, 0.15) is 0 Å². The van der Waals surface area contributed by atoms with E-state index >= 15 is 0 Å². The number of benzene rings is 1. The molecule has 1 saturated heterocycles. The first-order valence-electron chi connectivity index (χ1n) is 12.8.